The molecule has 0 N–H and O–H groups in total. The summed E-state index contributed by atoms with van der Waals surface area (Å²) in [5.74, 6) is 2.71. The topological polar surface area (TPSA) is 3.24 Å². The van der Waals surface area contributed by atoms with Gasteiger partial charge in [-0.3, -0.25) is 0 Å². The highest BCUT2D eigenvalue weighted by Crippen LogP contribution is 2.27. The van der Waals surface area contributed by atoms with Crippen molar-refractivity contribution in [2.45, 2.75) is 27.2 Å². The van der Waals surface area contributed by atoms with Crippen molar-refractivity contribution in [3.05, 3.63) is 0 Å². The predicted molar refractivity (Wildman–Crippen MR) is 49.6 cm³/mol. The third kappa shape index (κ3) is 2.19. The Labute approximate surface area is 70.8 Å². The Morgan fingerprint density at radius 1 is 1.27 bits per heavy atom. The fourth-order valence-electron chi connectivity index (χ4n) is 1.94. The van der Waals surface area contributed by atoms with Gasteiger partial charge in [0.25, 0.3) is 0 Å². The molecule has 0 amide bonds. The van der Waals surface area contributed by atoms with E-state index < -0.39 is 0 Å². The largest absolute Gasteiger partial charge is 0.306 e. The molecule has 0 aromatic heterocycles. The third-order valence-electron chi connectivity index (χ3n) is 3.22. The molecule has 1 saturated heterocycles. The summed E-state index contributed by atoms with van der Waals surface area (Å²) in [7, 11) is 2.23. The van der Waals surface area contributed by atoms with Gasteiger partial charge in [0.15, 0.2) is 0 Å². The molecular formula is C10H21N. The van der Waals surface area contributed by atoms with Crippen LogP contribution in [0.1, 0.15) is 27.2 Å². The maximum absolute atomic E-state index is 2.45. The molecule has 1 rings (SSSR count). The molecule has 0 saturated carbocycles. The molecule has 1 aliphatic heterocycles. The predicted octanol–water partition coefficient (Wildman–Crippen LogP) is 2.23. The monoisotopic (exact) mass is 155 g/mol. The van der Waals surface area contributed by atoms with E-state index in [9.17, 15) is 0 Å². The highest BCUT2D eigenvalue weighted by molar-refractivity contribution is 4.78. The number of hydrogen-bond acceptors (Lipinski definition) is 1. The minimum Gasteiger partial charge on any atom is -0.306 e. The van der Waals surface area contributed by atoms with Crippen LogP contribution >= 0.6 is 0 Å². The highest BCUT2D eigenvalue weighted by atomic mass is 15.1. The van der Waals surface area contributed by atoms with Crippen molar-refractivity contribution in [2.24, 2.45) is 17.8 Å². The van der Waals surface area contributed by atoms with Gasteiger partial charge in [-0.1, -0.05) is 20.8 Å². The summed E-state index contributed by atoms with van der Waals surface area (Å²) in [5, 5.41) is 0. The second kappa shape index (κ2) is 3.57. The summed E-state index contributed by atoms with van der Waals surface area (Å²) < 4.78 is 0. The van der Waals surface area contributed by atoms with Crippen molar-refractivity contribution in [1.82, 2.24) is 4.90 Å². The number of nitrogens with zero attached hydrogens (tertiary/aromatic N) is 1. The van der Waals surface area contributed by atoms with Crippen LogP contribution in [0.15, 0.2) is 0 Å². The van der Waals surface area contributed by atoms with Crippen LogP contribution in [0.25, 0.3) is 0 Å². The summed E-state index contributed by atoms with van der Waals surface area (Å²) in [6, 6.07) is 0. The van der Waals surface area contributed by atoms with Crippen LogP contribution in [0.5, 0.6) is 0 Å². The van der Waals surface area contributed by atoms with Gasteiger partial charge in [0.1, 0.15) is 0 Å². The van der Waals surface area contributed by atoms with Gasteiger partial charge < -0.3 is 4.90 Å². The lowest BCUT2D eigenvalue weighted by atomic mass is 9.84. The summed E-state index contributed by atoms with van der Waals surface area (Å²) >= 11 is 0. The standard InChI is InChI=1S/C10H21N/c1-8(2)9(3)10-5-6-11(4)7-10/h8-10H,5-7H2,1-4H3. The molecule has 2 unspecified atom stereocenters. The van der Waals surface area contributed by atoms with E-state index in [0.717, 1.165) is 17.8 Å². The first kappa shape index (κ1) is 9.05. The Morgan fingerprint density at radius 3 is 2.27 bits per heavy atom. The first-order valence-electron chi connectivity index (χ1n) is 4.79. The van der Waals surface area contributed by atoms with E-state index >= 15 is 0 Å². The second-order valence-electron chi connectivity index (χ2n) is 4.41. The molecule has 1 heterocycles. The van der Waals surface area contributed by atoms with Gasteiger partial charge in [0.05, 0.1) is 0 Å². The van der Waals surface area contributed by atoms with Crippen LogP contribution in [0, 0.1) is 17.8 Å². The normalized spacial score (nSPS) is 29.7. The van der Waals surface area contributed by atoms with Gasteiger partial charge in [-0.2, -0.15) is 0 Å². The van der Waals surface area contributed by atoms with Gasteiger partial charge in [-0.15, -0.1) is 0 Å². The van der Waals surface area contributed by atoms with E-state index in [1.165, 1.54) is 19.5 Å². The van der Waals surface area contributed by atoms with Crippen molar-refractivity contribution >= 4 is 0 Å². The molecule has 1 nitrogen and oxygen atoms in total. The molecule has 2 atom stereocenters. The van der Waals surface area contributed by atoms with Gasteiger partial charge >= 0.3 is 0 Å². The highest BCUT2D eigenvalue weighted by Gasteiger charge is 2.26. The molecular weight excluding hydrogens is 134 g/mol. The maximum atomic E-state index is 2.45. The Hall–Kier alpha value is -0.0400. The minimum absolute atomic E-state index is 0.853. The minimum atomic E-state index is 0.853. The lowest BCUT2D eigenvalue weighted by Crippen LogP contribution is -2.20. The van der Waals surface area contributed by atoms with E-state index in [1.54, 1.807) is 0 Å². The fraction of sp³-hybridized carbons (Fsp3) is 1.00. The number of likely N-dealkylation sites (tertiary alicyclic amines) is 1. The van der Waals surface area contributed by atoms with Crippen molar-refractivity contribution in [3.63, 3.8) is 0 Å². The second-order valence-corrected chi connectivity index (χ2v) is 4.41. The van der Waals surface area contributed by atoms with E-state index in [2.05, 4.69) is 32.7 Å². The molecule has 1 heteroatoms. The zero-order valence-electron chi connectivity index (χ0n) is 8.30. The molecule has 1 fully saturated rings. The van der Waals surface area contributed by atoms with Crippen molar-refractivity contribution in [3.8, 4) is 0 Å². The molecule has 66 valence electrons. The van der Waals surface area contributed by atoms with E-state index in [4.69, 9.17) is 0 Å². The third-order valence-corrected chi connectivity index (χ3v) is 3.22. The first-order chi connectivity index (χ1) is 5.11. The van der Waals surface area contributed by atoms with Crippen LogP contribution in [-0.4, -0.2) is 25.0 Å². The van der Waals surface area contributed by atoms with Crippen molar-refractivity contribution < 1.29 is 0 Å². The zero-order chi connectivity index (χ0) is 8.43. The van der Waals surface area contributed by atoms with Crippen molar-refractivity contribution in [2.75, 3.05) is 20.1 Å². The molecule has 0 aromatic carbocycles. The quantitative estimate of drug-likeness (QED) is 0.591. The molecule has 0 aliphatic carbocycles. The molecule has 11 heavy (non-hydrogen) atoms. The number of hydrogen-bond donors (Lipinski definition) is 0. The van der Waals surface area contributed by atoms with Crippen LogP contribution in [0.2, 0.25) is 0 Å². The summed E-state index contributed by atoms with van der Waals surface area (Å²) in [4.78, 5) is 2.45. The van der Waals surface area contributed by atoms with Crippen LogP contribution in [0.4, 0.5) is 0 Å². The van der Waals surface area contributed by atoms with E-state index in [-0.39, 0.29) is 0 Å². The van der Waals surface area contributed by atoms with Gasteiger partial charge in [0.2, 0.25) is 0 Å². The average Bonchev–Trinajstić information content (AvgIpc) is 2.34. The zero-order valence-corrected chi connectivity index (χ0v) is 8.30. The van der Waals surface area contributed by atoms with Crippen LogP contribution in [-0.2, 0) is 0 Å². The summed E-state index contributed by atoms with van der Waals surface area (Å²) in [6.45, 7) is 9.70. The SMILES string of the molecule is CC(C)C(C)C1CCN(C)C1. The summed E-state index contributed by atoms with van der Waals surface area (Å²) in [6.07, 6.45) is 1.41. The van der Waals surface area contributed by atoms with Crippen LogP contribution < -0.4 is 0 Å². The molecule has 1 aliphatic rings. The number of rotatable bonds is 2. The molecule has 0 radical (unpaired) electrons. The lowest BCUT2D eigenvalue weighted by molar-refractivity contribution is 0.274. The summed E-state index contributed by atoms with van der Waals surface area (Å²) in [5.41, 5.74) is 0. The van der Waals surface area contributed by atoms with Crippen LogP contribution in [0.3, 0.4) is 0 Å². The molecule has 0 spiro atoms. The van der Waals surface area contributed by atoms with Gasteiger partial charge in [-0.25, -0.2) is 0 Å². The smallest absolute Gasteiger partial charge is 0.000973 e. The Bertz CT molecular complexity index is 120. The molecule has 0 aromatic rings. The molecule has 0 bridgehead atoms. The maximum Gasteiger partial charge on any atom is 0.000973 e. The Morgan fingerprint density at radius 2 is 1.91 bits per heavy atom. The first-order valence-corrected chi connectivity index (χ1v) is 4.79. The van der Waals surface area contributed by atoms with Gasteiger partial charge in [0, 0.05) is 6.54 Å². The Kier molecular flexibility index (Phi) is 2.94. The van der Waals surface area contributed by atoms with Crippen molar-refractivity contribution in [1.29, 1.82) is 0 Å². The Balaban J connectivity index is 2.36. The average molecular weight is 155 g/mol. The van der Waals surface area contributed by atoms with E-state index in [0.29, 0.717) is 0 Å². The van der Waals surface area contributed by atoms with Gasteiger partial charge in [-0.05, 0) is 37.8 Å². The van der Waals surface area contributed by atoms with E-state index in [1.807, 2.05) is 0 Å². The fourth-order valence-corrected chi connectivity index (χ4v) is 1.94. The lowest BCUT2D eigenvalue weighted by Gasteiger charge is -2.22.